The number of amides is 1. The second-order valence-corrected chi connectivity index (χ2v) is 11.6. The molecule has 1 amide bonds. The maximum atomic E-state index is 14.7. The number of halogens is 8. The highest BCUT2D eigenvalue weighted by Gasteiger charge is 2.51. The molecule has 3 heterocycles. The van der Waals surface area contributed by atoms with Crippen molar-refractivity contribution in [2.75, 3.05) is 29.5 Å². The van der Waals surface area contributed by atoms with E-state index in [4.69, 9.17) is 32.1 Å². The third-order valence-corrected chi connectivity index (χ3v) is 7.76. The number of hydrogen-bond acceptors (Lipinski definition) is 7. The molecule has 0 saturated carbocycles. The Bertz CT molecular complexity index is 1550. The summed E-state index contributed by atoms with van der Waals surface area (Å²) in [7, 11) is 0. The van der Waals surface area contributed by atoms with Gasteiger partial charge in [-0.1, -0.05) is 0 Å². The number of nitrogens with zero attached hydrogens (tertiary/aromatic N) is 4. The van der Waals surface area contributed by atoms with Crippen LogP contribution in [0.25, 0.3) is 0 Å². The number of carboxylic acid groups (broad SMARTS) is 1. The Balaban J connectivity index is 0.000000771. The number of piperidine rings is 1. The summed E-state index contributed by atoms with van der Waals surface area (Å²) in [6.07, 6.45) is -6.33. The van der Waals surface area contributed by atoms with Gasteiger partial charge >= 0.3 is 18.3 Å². The molecule has 0 unspecified atom stereocenters. The molecule has 256 valence electrons. The zero-order valence-corrected chi connectivity index (χ0v) is 25.9. The molecule has 18 heteroatoms. The number of alkyl halides is 8. The first-order chi connectivity index (χ1) is 21.6. The number of ether oxygens (including phenoxy) is 1. The lowest BCUT2D eigenvalue weighted by Gasteiger charge is -2.30. The minimum Gasteiger partial charge on any atom is -0.493 e. The molecule has 2 saturated heterocycles. The average molecular weight is 696 g/mol. The molecule has 2 aromatic rings. The standard InChI is InChI=1S/C27H28F5N5O2S.C2HF3O2/c1-25(2)23(38)36(18-13-19(27(30,31)32)21(14-33)35-15-18)24(40)37(25)17-4-5-22(20(12-17)26(3,28)29)39-11-8-16-6-9-34-10-7-16;3-2(4,5)1(6)7/h4-5,12-13,15-16,34H,6-11H2,1-3H3;(H,6,7). The number of thiocarbonyl (C=S) groups is 1. The Hall–Kier alpha value is -4.11. The summed E-state index contributed by atoms with van der Waals surface area (Å²) in [6, 6.07) is 6.07. The van der Waals surface area contributed by atoms with Crippen molar-refractivity contribution in [2.24, 2.45) is 5.92 Å². The Morgan fingerprint density at radius 3 is 2.19 bits per heavy atom. The molecule has 0 atom stereocenters. The monoisotopic (exact) mass is 695 g/mol. The van der Waals surface area contributed by atoms with E-state index in [2.05, 4.69) is 10.3 Å². The van der Waals surface area contributed by atoms with E-state index in [0.717, 1.165) is 50.4 Å². The van der Waals surface area contributed by atoms with Crippen molar-refractivity contribution in [1.82, 2.24) is 10.3 Å². The Labute approximate surface area is 269 Å². The van der Waals surface area contributed by atoms with E-state index in [0.29, 0.717) is 12.0 Å². The van der Waals surface area contributed by atoms with E-state index in [9.17, 15) is 39.9 Å². The number of aromatic nitrogens is 1. The third kappa shape index (κ3) is 8.63. The molecule has 2 aliphatic rings. The van der Waals surface area contributed by atoms with Crippen LogP contribution in [0.5, 0.6) is 5.75 Å². The van der Waals surface area contributed by atoms with Gasteiger partial charge in [0.05, 0.1) is 29.6 Å². The summed E-state index contributed by atoms with van der Waals surface area (Å²) in [5, 5.41) is 19.2. The summed E-state index contributed by atoms with van der Waals surface area (Å²) in [6.45, 7) is 5.79. The lowest BCUT2D eigenvalue weighted by molar-refractivity contribution is -0.192. The maximum absolute atomic E-state index is 14.7. The molecule has 0 spiro atoms. The van der Waals surface area contributed by atoms with Crippen molar-refractivity contribution in [3.8, 4) is 11.8 Å². The number of benzene rings is 1. The number of anilines is 2. The molecule has 0 radical (unpaired) electrons. The van der Waals surface area contributed by atoms with Crippen LogP contribution in [0.15, 0.2) is 30.5 Å². The maximum Gasteiger partial charge on any atom is 0.490 e. The fourth-order valence-electron chi connectivity index (χ4n) is 4.97. The molecule has 2 aliphatic heterocycles. The van der Waals surface area contributed by atoms with Crippen molar-refractivity contribution < 1.29 is 54.6 Å². The quantitative estimate of drug-likeness (QED) is 0.251. The lowest BCUT2D eigenvalue weighted by Crippen LogP contribution is -2.44. The van der Waals surface area contributed by atoms with Crippen molar-refractivity contribution in [3.63, 3.8) is 0 Å². The van der Waals surface area contributed by atoms with Crippen LogP contribution in [-0.2, 0) is 21.7 Å². The van der Waals surface area contributed by atoms with Crippen LogP contribution < -0.4 is 19.9 Å². The second kappa shape index (κ2) is 13.9. The van der Waals surface area contributed by atoms with E-state index >= 15 is 0 Å². The lowest BCUT2D eigenvalue weighted by atomic mass is 9.95. The molecule has 4 rings (SSSR count). The fraction of sp³-hybridized carbons (Fsp3) is 0.483. The van der Waals surface area contributed by atoms with E-state index in [1.54, 1.807) is 0 Å². The number of carbonyl (C=O) groups excluding carboxylic acids is 1. The number of carboxylic acids is 1. The average Bonchev–Trinajstić information content (AvgIpc) is 3.15. The largest absolute Gasteiger partial charge is 0.493 e. The summed E-state index contributed by atoms with van der Waals surface area (Å²) < 4.78 is 108. The number of pyridine rings is 1. The van der Waals surface area contributed by atoms with E-state index in [1.807, 2.05) is 0 Å². The number of rotatable bonds is 7. The smallest absolute Gasteiger partial charge is 0.490 e. The van der Waals surface area contributed by atoms with E-state index in [-0.39, 0.29) is 28.8 Å². The van der Waals surface area contributed by atoms with Crippen molar-refractivity contribution in [1.29, 1.82) is 5.26 Å². The van der Waals surface area contributed by atoms with Crippen molar-refractivity contribution in [2.45, 2.75) is 63.8 Å². The van der Waals surface area contributed by atoms with E-state index < -0.39 is 52.5 Å². The summed E-state index contributed by atoms with van der Waals surface area (Å²) >= 11 is 5.49. The fourth-order valence-corrected chi connectivity index (χ4v) is 5.49. The topological polar surface area (TPSA) is 119 Å². The molecule has 47 heavy (non-hydrogen) atoms. The molecule has 2 N–H and O–H groups in total. The van der Waals surface area contributed by atoms with Gasteiger partial charge in [-0.2, -0.15) is 31.6 Å². The van der Waals surface area contributed by atoms with Crippen LogP contribution in [0.4, 0.5) is 46.5 Å². The highest BCUT2D eigenvalue weighted by atomic mass is 32.1. The van der Waals surface area contributed by atoms with Gasteiger partial charge in [-0.15, -0.1) is 0 Å². The van der Waals surface area contributed by atoms with Crippen LogP contribution in [0.1, 0.15) is 56.9 Å². The van der Waals surface area contributed by atoms with Crippen LogP contribution in [0.2, 0.25) is 0 Å². The van der Waals surface area contributed by atoms with Gasteiger partial charge in [0.1, 0.15) is 17.4 Å². The normalized spacial score (nSPS) is 17.2. The molecule has 0 aliphatic carbocycles. The molecule has 0 bridgehead atoms. The molecular weight excluding hydrogens is 666 g/mol. The first-order valence-electron chi connectivity index (χ1n) is 13.9. The van der Waals surface area contributed by atoms with Gasteiger partial charge in [-0.25, -0.2) is 18.6 Å². The second-order valence-electron chi connectivity index (χ2n) is 11.2. The zero-order valence-electron chi connectivity index (χ0n) is 25.1. The van der Waals surface area contributed by atoms with Crippen molar-refractivity contribution >= 4 is 40.6 Å². The molecular formula is C29H29F8N5O4S. The predicted octanol–water partition coefficient (Wildman–Crippen LogP) is 6.40. The number of nitriles is 1. The molecule has 1 aromatic carbocycles. The number of hydrogen-bond donors (Lipinski definition) is 2. The molecule has 2 fully saturated rings. The van der Waals surface area contributed by atoms with Gasteiger partial charge in [0.15, 0.2) is 10.8 Å². The summed E-state index contributed by atoms with van der Waals surface area (Å²) in [5.41, 5.74) is -4.17. The highest BCUT2D eigenvalue weighted by molar-refractivity contribution is 7.81. The highest BCUT2D eigenvalue weighted by Crippen LogP contribution is 2.42. The van der Waals surface area contributed by atoms with Gasteiger partial charge in [0.2, 0.25) is 0 Å². The van der Waals surface area contributed by atoms with Crippen molar-refractivity contribution in [3.05, 3.63) is 47.3 Å². The van der Waals surface area contributed by atoms with Crippen LogP contribution in [0.3, 0.4) is 0 Å². The van der Waals surface area contributed by atoms with Crippen LogP contribution in [-0.4, -0.2) is 58.5 Å². The predicted molar refractivity (Wildman–Crippen MR) is 156 cm³/mol. The first kappa shape index (κ1) is 37.3. The minimum absolute atomic E-state index is 0.00222. The number of aliphatic carboxylic acids is 1. The summed E-state index contributed by atoms with van der Waals surface area (Å²) in [5.74, 6) is -6.30. The van der Waals surface area contributed by atoms with Gasteiger partial charge in [0.25, 0.3) is 11.8 Å². The van der Waals surface area contributed by atoms with E-state index in [1.165, 1.54) is 43.0 Å². The first-order valence-corrected chi connectivity index (χ1v) is 14.3. The Morgan fingerprint density at radius 1 is 1.11 bits per heavy atom. The third-order valence-electron chi connectivity index (χ3n) is 7.39. The SMILES string of the molecule is CC(F)(F)c1cc(N2C(=S)N(c3cnc(C#N)c(C(F)(F)F)c3)C(=O)C2(C)C)ccc1OCCC1CCNCC1.O=C(O)C(F)(F)F. The van der Waals surface area contributed by atoms with Gasteiger partial charge < -0.3 is 20.1 Å². The minimum atomic E-state index is -5.08. The van der Waals surface area contributed by atoms with Gasteiger partial charge in [-0.05, 0) is 88.6 Å². The number of nitrogens with one attached hydrogen (secondary N) is 1. The molecule has 1 aromatic heterocycles. The van der Waals surface area contributed by atoms with Gasteiger partial charge in [0, 0.05) is 12.6 Å². The van der Waals surface area contributed by atoms with Crippen LogP contribution >= 0.6 is 12.2 Å². The zero-order chi connectivity index (χ0) is 35.5. The van der Waals surface area contributed by atoms with Crippen LogP contribution in [0, 0.1) is 17.2 Å². The summed E-state index contributed by atoms with van der Waals surface area (Å²) in [4.78, 5) is 28.1. The molecule has 9 nitrogen and oxygen atoms in total. The van der Waals surface area contributed by atoms with Gasteiger partial charge in [-0.3, -0.25) is 9.69 Å². The number of carbonyl (C=O) groups is 2. The Kier molecular flexibility index (Phi) is 11.1. The Morgan fingerprint density at radius 2 is 1.68 bits per heavy atom.